The van der Waals surface area contributed by atoms with Crippen LogP contribution < -0.4 is 5.32 Å². The van der Waals surface area contributed by atoms with Gasteiger partial charge in [0, 0.05) is 12.3 Å². The third-order valence-electron chi connectivity index (χ3n) is 2.04. The van der Waals surface area contributed by atoms with Crippen LogP contribution in [0.5, 0.6) is 0 Å². The average molecular weight is 125 g/mol. The van der Waals surface area contributed by atoms with Gasteiger partial charge in [0.05, 0.1) is 6.04 Å². The summed E-state index contributed by atoms with van der Waals surface area (Å²) in [5, 5.41) is 2.61. The second-order valence-electron chi connectivity index (χ2n) is 2.66. The zero-order valence-corrected chi connectivity index (χ0v) is 4.89. The van der Waals surface area contributed by atoms with Crippen molar-refractivity contribution in [2.24, 2.45) is 5.92 Å². The van der Waals surface area contributed by atoms with Gasteiger partial charge in [-0.25, -0.2) is 0 Å². The van der Waals surface area contributed by atoms with Crippen LogP contribution in [-0.4, -0.2) is 17.7 Å². The third kappa shape index (κ3) is 0.515. The Morgan fingerprint density at radius 1 is 1.44 bits per heavy atom. The quantitative estimate of drug-likeness (QED) is 0.472. The summed E-state index contributed by atoms with van der Waals surface area (Å²) < 4.78 is 0. The monoisotopic (exact) mass is 125 g/mol. The normalized spacial score (nSPS) is 39.6. The molecule has 0 aromatic heterocycles. The number of carbonyl (C=O) groups is 2. The van der Waals surface area contributed by atoms with Crippen LogP contribution in [-0.2, 0) is 9.59 Å². The van der Waals surface area contributed by atoms with Crippen LogP contribution in [0.1, 0.15) is 12.8 Å². The molecule has 48 valence electrons. The maximum Gasteiger partial charge on any atom is 0.224 e. The maximum atomic E-state index is 10.8. The van der Waals surface area contributed by atoms with E-state index in [0.29, 0.717) is 6.42 Å². The fourth-order valence-electron chi connectivity index (χ4n) is 1.51. The molecule has 1 aliphatic carbocycles. The summed E-state index contributed by atoms with van der Waals surface area (Å²) in [6, 6.07) is -0.123. The summed E-state index contributed by atoms with van der Waals surface area (Å²) in [6.07, 6.45) is 1.23. The smallest absolute Gasteiger partial charge is 0.224 e. The van der Waals surface area contributed by atoms with E-state index in [2.05, 4.69) is 5.32 Å². The van der Waals surface area contributed by atoms with Crippen molar-refractivity contribution in [1.29, 1.82) is 0 Å². The van der Waals surface area contributed by atoms with Crippen LogP contribution in [0.15, 0.2) is 0 Å². The molecule has 2 fully saturated rings. The molecular weight excluding hydrogens is 118 g/mol. The third-order valence-corrected chi connectivity index (χ3v) is 2.04. The molecule has 2 rings (SSSR count). The molecule has 1 saturated heterocycles. The Kier molecular flexibility index (Phi) is 0.743. The largest absolute Gasteiger partial charge is 0.346 e. The van der Waals surface area contributed by atoms with E-state index in [1.54, 1.807) is 0 Å². The van der Waals surface area contributed by atoms with Gasteiger partial charge in [-0.3, -0.25) is 9.59 Å². The Hall–Kier alpha value is -0.860. The molecule has 3 nitrogen and oxygen atoms in total. The van der Waals surface area contributed by atoms with E-state index < -0.39 is 0 Å². The van der Waals surface area contributed by atoms with E-state index in [1.165, 1.54) is 0 Å². The molecule has 1 saturated carbocycles. The molecule has 3 heteroatoms. The molecule has 2 aliphatic rings. The number of amides is 1. The maximum absolute atomic E-state index is 10.8. The molecule has 2 atom stereocenters. The summed E-state index contributed by atoms with van der Waals surface area (Å²) in [5.74, 6) is 0.293. The fraction of sp³-hybridized carbons (Fsp3) is 0.667. The number of nitrogens with one attached hydrogen (secondary N) is 1. The van der Waals surface area contributed by atoms with Gasteiger partial charge in [-0.1, -0.05) is 0 Å². The number of piperidine rings is 1. The highest BCUT2D eigenvalue weighted by Gasteiger charge is 2.43. The van der Waals surface area contributed by atoms with Gasteiger partial charge in [0.1, 0.15) is 0 Å². The first-order valence-corrected chi connectivity index (χ1v) is 3.10. The molecule has 1 amide bonds. The first-order valence-electron chi connectivity index (χ1n) is 3.10. The molecule has 0 spiro atoms. The zero-order valence-electron chi connectivity index (χ0n) is 4.89. The minimum atomic E-state index is -0.123. The predicted molar refractivity (Wildman–Crippen MR) is 29.7 cm³/mol. The van der Waals surface area contributed by atoms with E-state index in [0.717, 1.165) is 6.42 Å². The summed E-state index contributed by atoms with van der Waals surface area (Å²) >= 11 is 0. The van der Waals surface area contributed by atoms with Crippen LogP contribution in [0.4, 0.5) is 0 Å². The van der Waals surface area contributed by atoms with Crippen molar-refractivity contribution in [3.8, 4) is 0 Å². The van der Waals surface area contributed by atoms with Crippen molar-refractivity contribution in [3.05, 3.63) is 0 Å². The lowest BCUT2D eigenvalue weighted by Crippen LogP contribution is -2.37. The number of hydrogen-bond acceptors (Lipinski definition) is 2. The van der Waals surface area contributed by atoms with Crippen molar-refractivity contribution in [2.45, 2.75) is 18.9 Å². The molecule has 0 aromatic carbocycles. The number of hydrogen-bond donors (Lipinski definition) is 1. The summed E-state index contributed by atoms with van der Waals surface area (Å²) in [5.41, 5.74) is 0. The number of ketones is 1. The first-order chi connectivity index (χ1) is 4.27. The highest BCUT2D eigenvalue weighted by atomic mass is 16.2. The Morgan fingerprint density at radius 3 is 2.56 bits per heavy atom. The standard InChI is InChI=1S/C6H7NO2/c8-5-2-3-1-4(5)7-6(3)9/h3-4H,1-2H2,(H,7,9). The topological polar surface area (TPSA) is 46.2 Å². The molecule has 1 N–H and O–H groups in total. The van der Waals surface area contributed by atoms with Crippen LogP contribution in [0.25, 0.3) is 0 Å². The highest BCUT2D eigenvalue weighted by molar-refractivity contribution is 6.00. The van der Waals surface area contributed by atoms with Gasteiger partial charge in [-0.05, 0) is 6.42 Å². The van der Waals surface area contributed by atoms with Gasteiger partial charge in [0.2, 0.25) is 5.91 Å². The van der Waals surface area contributed by atoms with Gasteiger partial charge in [-0.15, -0.1) is 0 Å². The van der Waals surface area contributed by atoms with Crippen molar-refractivity contribution < 1.29 is 9.59 Å². The van der Waals surface area contributed by atoms with Crippen LogP contribution >= 0.6 is 0 Å². The Bertz CT molecular complexity index is 167. The minimum absolute atomic E-state index is 0.0162. The van der Waals surface area contributed by atoms with Gasteiger partial charge < -0.3 is 5.32 Å². The SMILES string of the molecule is O=C1NC2CC1CC2=O. The number of fused-ring (bicyclic) bond motifs is 2. The van der Waals surface area contributed by atoms with Gasteiger partial charge >= 0.3 is 0 Å². The average Bonchev–Trinajstić information content (AvgIpc) is 2.24. The summed E-state index contributed by atoms with van der Waals surface area (Å²) in [6.45, 7) is 0. The van der Waals surface area contributed by atoms with Crippen molar-refractivity contribution in [1.82, 2.24) is 5.32 Å². The second kappa shape index (κ2) is 1.35. The molecule has 0 radical (unpaired) electrons. The van der Waals surface area contributed by atoms with Crippen LogP contribution in [0.3, 0.4) is 0 Å². The summed E-state index contributed by atoms with van der Waals surface area (Å²) in [7, 11) is 0. The van der Waals surface area contributed by atoms with Gasteiger partial charge in [-0.2, -0.15) is 0 Å². The molecule has 0 aromatic rings. The molecule has 2 bridgehead atoms. The zero-order chi connectivity index (χ0) is 6.43. The lowest BCUT2D eigenvalue weighted by atomic mass is 10.1. The van der Waals surface area contributed by atoms with Crippen molar-refractivity contribution in [3.63, 3.8) is 0 Å². The lowest BCUT2D eigenvalue weighted by molar-refractivity contribution is -0.130. The first kappa shape index (κ1) is 4.97. The van der Waals surface area contributed by atoms with E-state index in [4.69, 9.17) is 0 Å². The Labute approximate surface area is 52.4 Å². The number of rotatable bonds is 0. The molecule has 1 heterocycles. The lowest BCUT2D eigenvalue weighted by Gasteiger charge is -2.07. The molecule has 2 unspecified atom stereocenters. The van der Waals surface area contributed by atoms with E-state index in [-0.39, 0.29) is 23.7 Å². The number of Topliss-reactive ketones (excluding diaryl/α,β-unsaturated/α-hetero) is 1. The van der Waals surface area contributed by atoms with Crippen molar-refractivity contribution in [2.75, 3.05) is 0 Å². The van der Waals surface area contributed by atoms with E-state index >= 15 is 0 Å². The van der Waals surface area contributed by atoms with E-state index in [9.17, 15) is 9.59 Å². The Morgan fingerprint density at radius 2 is 2.22 bits per heavy atom. The van der Waals surface area contributed by atoms with Crippen molar-refractivity contribution >= 4 is 11.7 Å². The molecular formula is C6H7NO2. The van der Waals surface area contributed by atoms with Crippen LogP contribution in [0, 0.1) is 5.92 Å². The highest BCUT2D eigenvalue weighted by Crippen LogP contribution is 2.28. The van der Waals surface area contributed by atoms with Crippen LogP contribution in [0.2, 0.25) is 0 Å². The second-order valence-corrected chi connectivity index (χ2v) is 2.66. The predicted octanol–water partition coefficient (Wildman–Crippen LogP) is -0.536. The van der Waals surface area contributed by atoms with Gasteiger partial charge in [0.25, 0.3) is 0 Å². The van der Waals surface area contributed by atoms with E-state index in [1.807, 2.05) is 0 Å². The Balaban J connectivity index is 2.28. The number of carbonyl (C=O) groups excluding carboxylic acids is 2. The minimum Gasteiger partial charge on any atom is -0.346 e. The molecule has 9 heavy (non-hydrogen) atoms. The molecule has 1 aliphatic heterocycles. The summed E-state index contributed by atoms with van der Waals surface area (Å²) in [4.78, 5) is 21.5. The van der Waals surface area contributed by atoms with Gasteiger partial charge in [0.15, 0.2) is 5.78 Å². The fourth-order valence-corrected chi connectivity index (χ4v) is 1.51.